The Morgan fingerprint density at radius 3 is 2.72 bits per heavy atom. The van der Waals surface area contributed by atoms with E-state index < -0.39 is 0 Å². The second-order valence-corrected chi connectivity index (χ2v) is 6.64. The molecule has 2 heteroatoms. The van der Waals surface area contributed by atoms with Crippen LogP contribution >= 0.6 is 11.8 Å². The Labute approximate surface area is 117 Å². The molecule has 0 amide bonds. The van der Waals surface area contributed by atoms with Crippen molar-refractivity contribution in [3.8, 4) is 0 Å². The van der Waals surface area contributed by atoms with Crippen LogP contribution in [0.4, 0.5) is 0 Å². The monoisotopic (exact) mass is 265 g/mol. The minimum atomic E-state index is 0.650. The van der Waals surface area contributed by atoms with E-state index in [1.807, 2.05) is 11.8 Å². The van der Waals surface area contributed by atoms with E-state index in [2.05, 4.69) is 57.3 Å². The molecule has 1 aromatic rings. The molecule has 0 aliphatic rings. The summed E-state index contributed by atoms with van der Waals surface area (Å²) in [5.41, 5.74) is 2.80. The van der Waals surface area contributed by atoms with Gasteiger partial charge in [0.1, 0.15) is 0 Å². The van der Waals surface area contributed by atoms with Crippen molar-refractivity contribution in [2.45, 2.75) is 57.6 Å². The molecular formula is C16H27NS. The molecule has 1 N–H and O–H groups in total. The Balaban J connectivity index is 2.22. The molecule has 2 unspecified atom stereocenters. The maximum absolute atomic E-state index is 3.61. The molecule has 0 bridgehead atoms. The quantitative estimate of drug-likeness (QED) is 0.748. The van der Waals surface area contributed by atoms with Crippen LogP contribution in [0.15, 0.2) is 24.3 Å². The van der Waals surface area contributed by atoms with Crippen LogP contribution in [0.2, 0.25) is 0 Å². The molecule has 1 aromatic carbocycles. The minimum Gasteiger partial charge on any atom is -0.313 e. The van der Waals surface area contributed by atoms with Crippen LogP contribution in [0.1, 0.15) is 44.7 Å². The van der Waals surface area contributed by atoms with E-state index in [9.17, 15) is 0 Å². The molecule has 0 saturated carbocycles. The van der Waals surface area contributed by atoms with E-state index in [4.69, 9.17) is 0 Å². The maximum atomic E-state index is 3.61. The van der Waals surface area contributed by atoms with E-state index in [1.54, 1.807) is 0 Å². The predicted molar refractivity (Wildman–Crippen MR) is 84.3 cm³/mol. The number of nitrogens with one attached hydrogen (secondary N) is 1. The number of aryl methyl sites for hydroxylation is 1. The van der Waals surface area contributed by atoms with Gasteiger partial charge in [-0.05, 0) is 25.8 Å². The number of thioether (sulfide) groups is 1. The average molecular weight is 265 g/mol. The lowest BCUT2D eigenvalue weighted by atomic mass is 10.2. The normalized spacial score (nSPS) is 14.4. The maximum Gasteiger partial charge on any atom is 0.0187 e. The summed E-state index contributed by atoms with van der Waals surface area (Å²) in [6.07, 6.45) is 2.54. The lowest BCUT2D eigenvalue weighted by Crippen LogP contribution is -2.31. The molecule has 0 radical (unpaired) electrons. The lowest BCUT2D eigenvalue weighted by Gasteiger charge is -2.17. The summed E-state index contributed by atoms with van der Waals surface area (Å²) in [6, 6.07) is 9.47. The second kappa shape index (κ2) is 8.60. The van der Waals surface area contributed by atoms with Crippen LogP contribution in [-0.4, -0.2) is 17.8 Å². The molecule has 0 aliphatic heterocycles. The molecule has 1 nitrogen and oxygen atoms in total. The predicted octanol–water partition coefficient (Wildman–Crippen LogP) is 4.39. The Kier molecular flexibility index (Phi) is 7.45. The van der Waals surface area contributed by atoms with Crippen molar-refractivity contribution in [1.29, 1.82) is 0 Å². The van der Waals surface area contributed by atoms with Gasteiger partial charge >= 0.3 is 0 Å². The zero-order valence-corrected chi connectivity index (χ0v) is 13.0. The van der Waals surface area contributed by atoms with Gasteiger partial charge in [0.25, 0.3) is 0 Å². The Bertz CT molecular complexity index is 338. The fourth-order valence-corrected chi connectivity index (χ4v) is 2.87. The van der Waals surface area contributed by atoms with Crippen molar-refractivity contribution in [2.24, 2.45) is 0 Å². The van der Waals surface area contributed by atoms with Gasteiger partial charge in [-0.25, -0.2) is 0 Å². The van der Waals surface area contributed by atoms with Crippen molar-refractivity contribution in [1.82, 2.24) is 5.32 Å². The summed E-state index contributed by atoms with van der Waals surface area (Å²) in [5, 5.41) is 4.28. The Hall–Kier alpha value is -0.470. The van der Waals surface area contributed by atoms with Gasteiger partial charge in [-0.3, -0.25) is 0 Å². The zero-order chi connectivity index (χ0) is 13.4. The first-order valence-corrected chi connectivity index (χ1v) is 8.07. The zero-order valence-electron chi connectivity index (χ0n) is 12.2. The summed E-state index contributed by atoms with van der Waals surface area (Å²) >= 11 is 2.04. The van der Waals surface area contributed by atoms with E-state index in [1.165, 1.54) is 24.0 Å². The summed E-state index contributed by atoms with van der Waals surface area (Å²) in [7, 11) is 0. The average Bonchev–Trinajstić information content (AvgIpc) is 2.34. The molecule has 0 saturated heterocycles. The standard InChI is InChI=1S/C16H27NS/c1-5-7-14(3)17-11-15(4)18-12-16-9-6-8-13(2)10-16/h6,8-10,14-15,17H,5,7,11-12H2,1-4H3. The van der Waals surface area contributed by atoms with Gasteiger partial charge in [0.05, 0.1) is 0 Å². The van der Waals surface area contributed by atoms with Crippen LogP contribution in [0.25, 0.3) is 0 Å². The first kappa shape index (κ1) is 15.6. The highest BCUT2D eigenvalue weighted by molar-refractivity contribution is 7.99. The number of rotatable bonds is 8. The highest BCUT2D eigenvalue weighted by Gasteiger charge is 2.05. The second-order valence-electron chi connectivity index (χ2n) is 5.21. The SMILES string of the molecule is CCCC(C)NCC(C)SCc1cccc(C)c1. The fraction of sp³-hybridized carbons (Fsp3) is 0.625. The summed E-state index contributed by atoms with van der Waals surface area (Å²) in [4.78, 5) is 0. The molecule has 0 aliphatic carbocycles. The summed E-state index contributed by atoms with van der Waals surface area (Å²) < 4.78 is 0. The van der Waals surface area contributed by atoms with Crippen LogP contribution in [0.5, 0.6) is 0 Å². The van der Waals surface area contributed by atoms with Gasteiger partial charge in [0, 0.05) is 23.6 Å². The van der Waals surface area contributed by atoms with Crippen molar-refractivity contribution < 1.29 is 0 Å². The van der Waals surface area contributed by atoms with Gasteiger partial charge in [-0.2, -0.15) is 11.8 Å². The van der Waals surface area contributed by atoms with E-state index in [-0.39, 0.29) is 0 Å². The third-order valence-corrected chi connectivity index (χ3v) is 4.33. The van der Waals surface area contributed by atoms with Crippen molar-refractivity contribution in [3.63, 3.8) is 0 Å². The van der Waals surface area contributed by atoms with Crippen LogP contribution in [-0.2, 0) is 5.75 Å². The first-order valence-electron chi connectivity index (χ1n) is 7.02. The molecule has 1 rings (SSSR count). The molecule has 0 fully saturated rings. The minimum absolute atomic E-state index is 0.650. The third kappa shape index (κ3) is 6.46. The highest BCUT2D eigenvalue weighted by atomic mass is 32.2. The molecular weight excluding hydrogens is 238 g/mol. The molecule has 2 atom stereocenters. The molecule has 18 heavy (non-hydrogen) atoms. The summed E-state index contributed by atoms with van der Waals surface area (Å²) in [5.74, 6) is 1.12. The van der Waals surface area contributed by atoms with Crippen LogP contribution in [0, 0.1) is 6.92 Å². The number of hydrogen-bond donors (Lipinski definition) is 1. The van der Waals surface area contributed by atoms with E-state index >= 15 is 0 Å². The van der Waals surface area contributed by atoms with Crippen molar-refractivity contribution >= 4 is 11.8 Å². The topological polar surface area (TPSA) is 12.0 Å². The smallest absolute Gasteiger partial charge is 0.0187 e. The van der Waals surface area contributed by atoms with Gasteiger partial charge < -0.3 is 5.32 Å². The van der Waals surface area contributed by atoms with Crippen molar-refractivity contribution in [2.75, 3.05) is 6.54 Å². The Morgan fingerprint density at radius 2 is 2.06 bits per heavy atom. The van der Waals surface area contributed by atoms with Gasteiger partial charge in [-0.15, -0.1) is 0 Å². The number of benzene rings is 1. The van der Waals surface area contributed by atoms with Crippen molar-refractivity contribution in [3.05, 3.63) is 35.4 Å². The van der Waals surface area contributed by atoms with Crippen LogP contribution in [0.3, 0.4) is 0 Å². The number of hydrogen-bond acceptors (Lipinski definition) is 2. The Morgan fingerprint density at radius 1 is 1.28 bits per heavy atom. The first-order chi connectivity index (χ1) is 8.61. The highest BCUT2D eigenvalue weighted by Crippen LogP contribution is 2.18. The molecule has 102 valence electrons. The van der Waals surface area contributed by atoms with Gasteiger partial charge in [0.2, 0.25) is 0 Å². The summed E-state index contributed by atoms with van der Waals surface area (Å²) in [6.45, 7) is 10.1. The largest absolute Gasteiger partial charge is 0.313 e. The third-order valence-electron chi connectivity index (χ3n) is 3.09. The van der Waals surface area contributed by atoms with E-state index in [0.717, 1.165) is 12.3 Å². The van der Waals surface area contributed by atoms with Crippen LogP contribution < -0.4 is 5.32 Å². The van der Waals surface area contributed by atoms with E-state index in [0.29, 0.717) is 11.3 Å². The fourth-order valence-electron chi connectivity index (χ4n) is 2.00. The molecule has 0 aromatic heterocycles. The van der Waals surface area contributed by atoms with Gasteiger partial charge in [-0.1, -0.05) is 50.1 Å². The lowest BCUT2D eigenvalue weighted by molar-refractivity contribution is 0.511. The molecule has 0 spiro atoms. The van der Waals surface area contributed by atoms with Gasteiger partial charge in [0.15, 0.2) is 0 Å². The molecule has 0 heterocycles.